The molecule has 0 aromatic heterocycles. The van der Waals surface area contributed by atoms with E-state index in [-0.39, 0.29) is 0 Å². The van der Waals surface area contributed by atoms with Crippen LogP contribution in [-0.4, -0.2) is 0 Å². The third-order valence-corrected chi connectivity index (χ3v) is 7.44. The average Bonchev–Trinajstić information content (AvgIpc) is 2.38. The normalized spacial score (nSPS) is 46.9. The van der Waals surface area contributed by atoms with E-state index in [1.807, 2.05) is 0 Å². The van der Waals surface area contributed by atoms with Gasteiger partial charge in [0.2, 0.25) is 0 Å². The van der Waals surface area contributed by atoms with E-state index >= 15 is 0 Å². The van der Waals surface area contributed by atoms with Crippen molar-refractivity contribution in [3.63, 3.8) is 0 Å². The first kappa shape index (κ1) is 14.4. The van der Waals surface area contributed by atoms with Gasteiger partial charge in [0.1, 0.15) is 0 Å². The highest BCUT2D eigenvalue weighted by atomic mass is 15.6. The van der Waals surface area contributed by atoms with Crippen LogP contribution < -0.4 is 0 Å². The van der Waals surface area contributed by atoms with E-state index in [1.165, 1.54) is 44.1 Å². The van der Waals surface area contributed by atoms with Gasteiger partial charge in [0, 0.05) is 0 Å². The minimum atomic E-state index is 0.559. The van der Waals surface area contributed by atoms with Crippen LogP contribution in [0.1, 0.15) is 66.2 Å². The van der Waals surface area contributed by atoms with Crippen molar-refractivity contribution >= 4 is 0 Å². The zero-order chi connectivity index (χ0) is 14.5. The standard InChI is InChI=1S/C20H32/c1-6-15-8-10-17-16(14(15)2)9-11-18-19(3,4)12-7-13-20(17,18)5/h6,8,14,16-18H,1,7,9-13H2,2-5H3/t14-,16-,17-,18-,20+/m1/s1/i1+1,2+1,3+1,4+1,5+1,6+1,7+1,8+1,9+1,10+1,11+1,12+1,13+1,14+1,15+1,16+1,17+1,18+1,19+1,20+1. The molecule has 0 heterocycles. The van der Waals surface area contributed by atoms with Gasteiger partial charge in [-0.3, -0.25) is 0 Å². The molecule has 0 nitrogen and oxygen atoms in total. The van der Waals surface area contributed by atoms with Gasteiger partial charge in [-0.15, -0.1) is 0 Å². The van der Waals surface area contributed by atoms with Crippen molar-refractivity contribution in [3.8, 4) is 0 Å². The maximum Gasteiger partial charge on any atom is -0.0162 e. The predicted molar refractivity (Wildman–Crippen MR) is 87.5 cm³/mol. The van der Waals surface area contributed by atoms with Gasteiger partial charge in [0.15, 0.2) is 0 Å². The Bertz CT molecular complexity index is 427. The van der Waals surface area contributed by atoms with Gasteiger partial charge in [-0.25, -0.2) is 0 Å². The topological polar surface area (TPSA) is 0 Å². The maximum atomic E-state index is 4.03. The summed E-state index contributed by atoms with van der Waals surface area (Å²) in [6, 6.07) is 0. The van der Waals surface area contributed by atoms with Crippen LogP contribution in [0.2, 0.25) is 0 Å². The average molecular weight is 292 g/mol. The Morgan fingerprint density at radius 1 is 1.20 bits per heavy atom. The molecule has 0 unspecified atom stereocenters. The summed E-state index contributed by atoms with van der Waals surface area (Å²) in [5.41, 5.74) is 2.66. The minimum Gasteiger partial charge on any atom is -0.0988 e. The summed E-state index contributed by atoms with van der Waals surface area (Å²) in [6.45, 7) is 14.2. The summed E-state index contributed by atoms with van der Waals surface area (Å²) in [6.07, 6.45) is 13.2. The Hall–Kier alpha value is -0.520. The van der Waals surface area contributed by atoms with Gasteiger partial charge in [0.05, 0.1) is 0 Å². The lowest BCUT2D eigenvalue weighted by Gasteiger charge is -2.61. The van der Waals surface area contributed by atoms with E-state index < -0.39 is 0 Å². The zero-order valence-electron chi connectivity index (χ0n) is 13.9. The first-order valence-electron chi connectivity index (χ1n) is 8.72. The van der Waals surface area contributed by atoms with Crippen LogP contribution in [0.3, 0.4) is 0 Å². The summed E-state index contributed by atoms with van der Waals surface area (Å²) in [4.78, 5) is 0. The molecule has 5 atom stereocenters. The van der Waals surface area contributed by atoms with Crippen molar-refractivity contribution in [2.75, 3.05) is 0 Å². The highest BCUT2D eigenvalue weighted by Crippen LogP contribution is 2.64. The highest BCUT2D eigenvalue weighted by Gasteiger charge is 2.55. The van der Waals surface area contributed by atoms with Crippen LogP contribution >= 0.6 is 0 Å². The molecule has 0 aromatic carbocycles. The number of allylic oxidation sites excluding steroid dienone is 3. The van der Waals surface area contributed by atoms with Crippen LogP contribution in [0.15, 0.2) is 24.3 Å². The molecule has 0 aromatic rings. The van der Waals surface area contributed by atoms with E-state index in [2.05, 4.69) is 46.4 Å². The minimum absolute atomic E-state index is 0.559. The highest BCUT2D eigenvalue weighted by molar-refractivity contribution is 5.25. The lowest BCUT2D eigenvalue weighted by atomic mass is 10.4. The van der Waals surface area contributed by atoms with E-state index in [9.17, 15) is 0 Å². The second-order valence-electron chi connectivity index (χ2n) is 8.68. The van der Waals surface area contributed by atoms with Crippen molar-refractivity contribution in [1.82, 2.24) is 0 Å². The zero-order valence-corrected chi connectivity index (χ0v) is 13.9. The van der Waals surface area contributed by atoms with Gasteiger partial charge < -0.3 is 0 Å². The van der Waals surface area contributed by atoms with Gasteiger partial charge in [-0.2, -0.15) is 0 Å². The molecule has 0 spiro atoms. The molecule has 3 aliphatic rings. The van der Waals surface area contributed by atoms with Crippen molar-refractivity contribution in [2.24, 2.45) is 34.5 Å². The molecule has 112 valence electrons. The summed E-state index contributed by atoms with van der Waals surface area (Å²) < 4.78 is 0. The molecule has 2 fully saturated rings. The molecule has 0 radical (unpaired) electrons. The third-order valence-electron chi connectivity index (χ3n) is 7.44. The molecule has 0 saturated heterocycles. The summed E-state index contributed by atoms with van der Waals surface area (Å²) in [5.74, 6) is 3.49. The molecule has 0 amide bonds. The van der Waals surface area contributed by atoms with E-state index in [1.54, 1.807) is 0 Å². The fourth-order valence-corrected chi connectivity index (χ4v) is 6.39. The Morgan fingerprint density at radius 3 is 2.65 bits per heavy atom. The van der Waals surface area contributed by atoms with E-state index in [4.69, 9.17) is 0 Å². The largest absolute Gasteiger partial charge is 0.0988 e. The quantitative estimate of drug-likeness (QED) is 0.520. The molecule has 2 saturated carbocycles. The number of hydrogen-bond donors (Lipinski definition) is 0. The molecule has 3 rings (SSSR count). The lowest BCUT2D eigenvalue weighted by molar-refractivity contribution is -0.105. The summed E-state index contributed by atoms with van der Waals surface area (Å²) >= 11 is 0. The number of rotatable bonds is 1. The fraction of sp³-hybridized carbons (Fsp3) is 0.800. The molecule has 0 aliphatic heterocycles. The summed E-state index contributed by atoms with van der Waals surface area (Å²) in [5, 5.41) is 0. The van der Waals surface area contributed by atoms with Gasteiger partial charge in [-0.1, -0.05) is 52.8 Å². The first-order chi connectivity index (χ1) is 9.40. The molecular weight excluding hydrogens is 260 g/mol. The SMILES string of the molecule is [13CH2]=[13CH][13C]1=[13CH][13CH2][13C@@H]2[13C@H]([13CH2][13CH2][13C@@H]3[13C]([13CH3])([13CH3])[13CH2][13CH2][13CH2][13C@@]23[13CH3])[13C@@H]1[13CH3]. The molecule has 20 heavy (non-hydrogen) atoms. The Balaban J connectivity index is 1.95. The van der Waals surface area contributed by atoms with Crippen LogP contribution in [0.25, 0.3) is 0 Å². The number of hydrogen-bond acceptors (Lipinski definition) is 0. The van der Waals surface area contributed by atoms with Crippen molar-refractivity contribution in [1.29, 1.82) is 0 Å². The second-order valence-corrected chi connectivity index (χ2v) is 8.68. The lowest BCUT2D eigenvalue weighted by Crippen LogP contribution is -2.53. The van der Waals surface area contributed by atoms with Gasteiger partial charge >= 0.3 is 0 Å². The van der Waals surface area contributed by atoms with Crippen LogP contribution in [0, 0.1) is 34.5 Å². The molecule has 0 N–H and O–H groups in total. The molecule has 0 heteroatoms. The van der Waals surface area contributed by atoms with Crippen LogP contribution in [-0.2, 0) is 0 Å². The van der Waals surface area contributed by atoms with Crippen LogP contribution in [0.5, 0.6) is 0 Å². The Morgan fingerprint density at radius 2 is 1.95 bits per heavy atom. The second kappa shape index (κ2) is 4.75. The maximum absolute atomic E-state index is 4.03. The monoisotopic (exact) mass is 292 g/mol. The van der Waals surface area contributed by atoms with Crippen LogP contribution in [0.4, 0.5) is 0 Å². The van der Waals surface area contributed by atoms with Gasteiger partial charge in [0.25, 0.3) is 0 Å². The third kappa shape index (κ3) is 1.94. The molecular formula is C20H32. The smallest absolute Gasteiger partial charge is 0.0162 e. The predicted octanol–water partition coefficient (Wildman–Crippen LogP) is 6.00. The van der Waals surface area contributed by atoms with Crippen molar-refractivity contribution in [2.45, 2.75) is 66.2 Å². The van der Waals surface area contributed by atoms with Gasteiger partial charge in [-0.05, 0) is 72.2 Å². The number of fused-ring (bicyclic) bond motifs is 3. The molecule has 3 aliphatic carbocycles. The fourth-order valence-electron chi connectivity index (χ4n) is 6.39. The first-order valence-corrected chi connectivity index (χ1v) is 8.72. The summed E-state index contributed by atoms with van der Waals surface area (Å²) in [7, 11) is 0. The van der Waals surface area contributed by atoms with E-state index in [0.717, 1.165) is 23.7 Å². The van der Waals surface area contributed by atoms with E-state index in [0.29, 0.717) is 10.8 Å². The van der Waals surface area contributed by atoms with Crippen molar-refractivity contribution in [3.05, 3.63) is 24.3 Å². The Labute approximate surface area is 125 Å². The molecule has 0 bridgehead atoms. The van der Waals surface area contributed by atoms with Crippen molar-refractivity contribution < 1.29 is 0 Å². The Kier molecular flexibility index (Phi) is 3.42.